The van der Waals surface area contributed by atoms with E-state index in [0.717, 1.165) is 37.2 Å². The summed E-state index contributed by atoms with van der Waals surface area (Å²) in [5, 5.41) is 3.09. The monoisotopic (exact) mass is 218 g/mol. The molecule has 86 valence electrons. The van der Waals surface area contributed by atoms with Crippen molar-refractivity contribution in [1.82, 2.24) is 4.90 Å². The van der Waals surface area contributed by atoms with Crippen LogP contribution < -0.4 is 5.32 Å². The van der Waals surface area contributed by atoms with Gasteiger partial charge in [-0.05, 0) is 37.5 Å². The summed E-state index contributed by atoms with van der Waals surface area (Å²) in [6.45, 7) is 3.83. The Balaban J connectivity index is 2.28. The van der Waals surface area contributed by atoms with E-state index >= 15 is 0 Å². The number of carbonyl (C=O) groups is 1. The van der Waals surface area contributed by atoms with Crippen molar-refractivity contribution < 1.29 is 4.79 Å². The van der Waals surface area contributed by atoms with Crippen LogP contribution in [0.4, 0.5) is 5.69 Å². The average molecular weight is 218 g/mol. The van der Waals surface area contributed by atoms with Crippen molar-refractivity contribution in [3.05, 3.63) is 29.3 Å². The second-order valence-electron chi connectivity index (χ2n) is 4.30. The largest absolute Gasteiger partial charge is 0.387 e. The molecule has 1 aliphatic heterocycles. The van der Waals surface area contributed by atoms with E-state index in [0.29, 0.717) is 0 Å². The van der Waals surface area contributed by atoms with Crippen LogP contribution in [0, 0.1) is 6.92 Å². The molecule has 1 heterocycles. The molecule has 0 bridgehead atoms. The molecule has 16 heavy (non-hydrogen) atoms. The Morgan fingerprint density at radius 2 is 2.00 bits per heavy atom. The SMILES string of the molecule is CNc1cc(C)ccc1C(=O)N1CCCC1. The summed E-state index contributed by atoms with van der Waals surface area (Å²) in [6.07, 6.45) is 2.26. The molecule has 1 N–H and O–H groups in total. The van der Waals surface area contributed by atoms with Gasteiger partial charge in [0, 0.05) is 25.8 Å². The van der Waals surface area contributed by atoms with Crippen molar-refractivity contribution in [3.63, 3.8) is 0 Å². The van der Waals surface area contributed by atoms with Crippen LogP contribution in [-0.2, 0) is 0 Å². The lowest BCUT2D eigenvalue weighted by atomic mass is 10.1. The number of likely N-dealkylation sites (tertiary alicyclic amines) is 1. The van der Waals surface area contributed by atoms with Crippen LogP contribution in [0.25, 0.3) is 0 Å². The van der Waals surface area contributed by atoms with Crippen LogP contribution in [0.5, 0.6) is 0 Å². The van der Waals surface area contributed by atoms with E-state index in [1.165, 1.54) is 5.56 Å². The number of rotatable bonds is 2. The van der Waals surface area contributed by atoms with Gasteiger partial charge in [-0.15, -0.1) is 0 Å². The van der Waals surface area contributed by atoms with Crippen molar-refractivity contribution in [1.29, 1.82) is 0 Å². The summed E-state index contributed by atoms with van der Waals surface area (Å²) in [4.78, 5) is 14.2. The van der Waals surface area contributed by atoms with Crippen LogP contribution in [0.3, 0.4) is 0 Å². The summed E-state index contributed by atoms with van der Waals surface area (Å²) in [7, 11) is 1.86. The third-order valence-corrected chi connectivity index (χ3v) is 3.07. The molecule has 1 fully saturated rings. The molecule has 3 heteroatoms. The number of nitrogens with zero attached hydrogens (tertiary/aromatic N) is 1. The minimum Gasteiger partial charge on any atom is -0.387 e. The maximum absolute atomic E-state index is 12.2. The molecule has 0 spiro atoms. The van der Waals surface area contributed by atoms with Crippen LogP contribution in [0.1, 0.15) is 28.8 Å². The predicted molar refractivity (Wildman–Crippen MR) is 65.9 cm³/mol. The molecule has 1 amide bonds. The number of hydrogen-bond donors (Lipinski definition) is 1. The molecule has 2 rings (SSSR count). The first-order valence-electron chi connectivity index (χ1n) is 5.80. The molecule has 0 unspecified atom stereocenters. The van der Waals surface area contributed by atoms with E-state index in [9.17, 15) is 4.79 Å². The van der Waals surface area contributed by atoms with Gasteiger partial charge in [-0.2, -0.15) is 0 Å². The van der Waals surface area contributed by atoms with Gasteiger partial charge in [-0.1, -0.05) is 6.07 Å². The second kappa shape index (κ2) is 4.56. The van der Waals surface area contributed by atoms with Crippen molar-refractivity contribution in [2.45, 2.75) is 19.8 Å². The predicted octanol–water partition coefficient (Wildman–Crippen LogP) is 2.27. The molecule has 1 saturated heterocycles. The molecule has 1 aromatic rings. The van der Waals surface area contributed by atoms with E-state index in [1.807, 2.05) is 37.1 Å². The molecule has 1 aromatic carbocycles. The van der Waals surface area contributed by atoms with E-state index in [4.69, 9.17) is 0 Å². The summed E-state index contributed by atoms with van der Waals surface area (Å²) in [5.74, 6) is 0.154. The Morgan fingerprint density at radius 1 is 1.31 bits per heavy atom. The van der Waals surface area contributed by atoms with Crippen LogP contribution in [0.2, 0.25) is 0 Å². The first kappa shape index (κ1) is 11.0. The maximum atomic E-state index is 12.2. The zero-order chi connectivity index (χ0) is 11.5. The highest BCUT2D eigenvalue weighted by Crippen LogP contribution is 2.21. The van der Waals surface area contributed by atoms with Gasteiger partial charge in [0.25, 0.3) is 5.91 Å². The first-order chi connectivity index (χ1) is 7.72. The molecule has 0 atom stereocenters. The Hall–Kier alpha value is -1.51. The highest BCUT2D eigenvalue weighted by molar-refractivity contribution is 5.99. The average Bonchev–Trinajstić information content (AvgIpc) is 2.81. The van der Waals surface area contributed by atoms with E-state index in [-0.39, 0.29) is 5.91 Å². The number of anilines is 1. The lowest BCUT2D eigenvalue weighted by Gasteiger charge is -2.17. The van der Waals surface area contributed by atoms with Gasteiger partial charge in [-0.25, -0.2) is 0 Å². The van der Waals surface area contributed by atoms with Crippen molar-refractivity contribution in [2.24, 2.45) is 0 Å². The summed E-state index contributed by atoms with van der Waals surface area (Å²) in [5.41, 5.74) is 2.88. The topological polar surface area (TPSA) is 32.3 Å². The minimum atomic E-state index is 0.154. The number of hydrogen-bond acceptors (Lipinski definition) is 2. The minimum absolute atomic E-state index is 0.154. The van der Waals surface area contributed by atoms with Crippen molar-refractivity contribution in [2.75, 3.05) is 25.5 Å². The Labute approximate surface area is 96.5 Å². The number of aryl methyl sites for hydroxylation is 1. The van der Waals surface area contributed by atoms with Gasteiger partial charge in [0.05, 0.1) is 5.56 Å². The molecular formula is C13H18N2O. The number of benzene rings is 1. The molecule has 1 aliphatic rings. The fourth-order valence-electron chi connectivity index (χ4n) is 2.14. The fourth-order valence-corrected chi connectivity index (χ4v) is 2.14. The summed E-state index contributed by atoms with van der Waals surface area (Å²) < 4.78 is 0. The quantitative estimate of drug-likeness (QED) is 0.826. The number of amides is 1. The Morgan fingerprint density at radius 3 is 2.62 bits per heavy atom. The van der Waals surface area contributed by atoms with Crippen molar-refractivity contribution in [3.8, 4) is 0 Å². The molecule has 0 aliphatic carbocycles. The summed E-state index contributed by atoms with van der Waals surface area (Å²) in [6, 6.07) is 5.93. The van der Waals surface area contributed by atoms with E-state index in [1.54, 1.807) is 0 Å². The van der Waals surface area contributed by atoms with E-state index in [2.05, 4.69) is 5.32 Å². The molecule has 0 saturated carbocycles. The van der Waals surface area contributed by atoms with Gasteiger partial charge in [0.15, 0.2) is 0 Å². The lowest BCUT2D eigenvalue weighted by molar-refractivity contribution is 0.0794. The number of nitrogens with one attached hydrogen (secondary N) is 1. The second-order valence-corrected chi connectivity index (χ2v) is 4.30. The van der Waals surface area contributed by atoms with Gasteiger partial charge in [-0.3, -0.25) is 4.79 Å². The number of carbonyl (C=O) groups excluding carboxylic acids is 1. The van der Waals surface area contributed by atoms with E-state index < -0.39 is 0 Å². The maximum Gasteiger partial charge on any atom is 0.255 e. The third kappa shape index (κ3) is 2.03. The third-order valence-electron chi connectivity index (χ3n) is 3.07. The highest BCUT2D eigenvalue weighted by Gasteiger charge is 2.21. The van der Waals surface area contributed by atoms with Gasteiger partial charge < -0.3 is 10.2 Å². The molecule has 0 radical (unpaired) electrons. The van der Waals surface area contributed by atoms with Gasteiger partial charge in [0.1, 0.15) is 0 Å². The van der Waals surface area contributed by atoms with Crippen LogP contribution in [0.15, 0.2) is 18.2 Å². The fraction of sp³-hybridized carbons (Fsp3) is 0.462. The molecular weight excluding hydrogens is 200 g/mol. The highest BCUT2D eigenvalue weighted by atomic mass is 16.2. The first-order valence-corrected chi connectivity index (χ1v) is 5.80. The van der Waals surface area contributed by atoms with Crippen molar-refractivity contribution >= 4 is 11.6 Å². The van der Waals surface area contributed by atoms with Crippen LogP contribution in [-0.4, -0.2) is 30.9 Å². The summed E-state index contributed by atoms with van der Waals surface area (Å²) >= 11 is 0. The standard InChI is InChI=1S/C13H18N2O/c1-10-5-6-11(12(9-10)14-2)13(16)15-7-3-4-8-15/h5-6,9,14H,3-4,7-8H2,1-2H3. The smallest absolute Gasteiger partial charge is 0.255 e. The Kier molecular flexibility index (Phi) is 3.13. The molecule has 0 aromatic heterocycles. The van der Waals surface area contributed by atoms with Gasteiger partial charge in [0.2, 0.25) is 0 Å². The lowest BCUT2D eigenvalue weighted by Crippen LogP contribution is -2.28. The zero-order valence-electron chi connectivity index (χ0n) is 9.92. The van der Waals surface area contributed by atoms with Crippen LogP contribution >= 0.6 is 0 Å². The normalized spacial score (nSPS) is 15.2. The molecule has 3 nitrogen and oxygen atoms in total. The zero-order valence-corrected chi connectivity index (χ0v) is 9.92. The van der Waals surface area contributed by atoms with Gasteiger partial charge >= 0.3 is 0 Å². The Bertz CT molecular complexity index is 395.